The molecular weight excluding hydrogens is 188 g/mol. The molecular formula is C13H12O2. The Kier molecular flexibility index (Phi) is 2.73. The summed E-state index contributed by atoms with van der Waals surface area (Å²) in [7, 11) is 1.38. The lowest BCUT2D eigenvalue weighted by molar-refractivity contribution is 0.0600. The van der Waals surface area contributed by atoms with Crippen molar-refractivity contribution in [3.63, 3.8) is 0 Å². The molecule has 0 atom stereocenters. The summed E-state index contributed by atoms with van der Waals surface area (Å²) in [4.78, 5) is 11.4. The first-order valence-corrected chi connectivity index (χ1v) is 5.00. The Morgan fingerprint density at radius 1 is 1.40 bits per heavy atom. The number of hydrogen-bond donors (Lipinski definition) is 0. The summed E-state index contributed by atoms with van der Waals surface area (Å²) in [6, 6.07) is 7.28. The van der Waals surface area contributed by atoms with Gasteiger partial charge in [0.25, 0.3) is 0 Å². The largest absolute Gasteiger partial charge is 0.465 e. The van der Waals surface area contributed by atoms with Crippen LogP contribution < -0.4 is 0 Å². The number of carbonyl (C=O) groups is 1. The van der Waals surface area contributed by atoms with E-state index in [2.05, 4.69) is 11.8 Å². The highest BCUT2D eigenvalue weighted by molar-refractivity contribution is 5.92. The number of benzene rings is 1. The fourth-order valence-electron chi connectivity index (χ4n) is 1.29. The van der Waals surface area contributed by atoms with Crippen molar-refractivity contribution < 1.29 is 9.53 Å². The molecule has 15 heavy (non-hydrogen) atoms. The van der Waals surface area contributed by atoms with E-state index in [4.69, 9.17) is 4.74 Å². The fraction of sp³-hybridized carbons (Fsp3) is 0.308. The quantitative estimate of drug-likeness (QED) is 0.513. The van der Waals surface area contributed by atoms with Crippen LogP contribution in [0.25, 0.3) is 0 Å². The molecule has 1 aromatic carbocycles. The Balaban J connectivity index is 2.29. The van der Waals surface area contributed by atoms with E-state index in [1.165, 1.54) is 20.0 Å². The highest BCUT2D eigenvalue weighted by atomic mass is 16.5. The molecule has 0 aliphatic heterocycles. The topological polar surface area (TPSA) is 26.3 Å². The minimum absolute atomic E-state index is 0.323. The van der Waals surface area contributed by atoms with Crippen LogP contribution in [0.1, 0.15) is 28.8 Å². The zero-order chi connectivity index (χ0) is 10.7. The number of methoxy groups -OCH3 is 1. The molecule has 2 rings (SSSR count). The van der Waals surface area contributed by atoms with Crippen molar-refractivity contribution in [2.45, 2.75) is 12.8 Å². The van der Waals surface area contributed by atoms with Gasteiger partial charge in [-0.15, -0.1) is 0 Å². The zero-order valence-corrected chi connectivity index (χ0v) is 8.62. The first-order valence-electron chi connectivity index (χ1n) is 5.00. The monoisotopic (exact) mass is 200 g/mol. The molecule has 2 nitrogen and oxygen atoms in total. The highest BCUT2D eigenvalue weighted by Gasteiger charge is 2.18. The van der Waals surface area contributed by atoms with E-state index in [1.54, 1.807) is 6.07 Å². The lowest BCUT2D eigenvalue weighted by Crippen LogP contribution is -2.03. The van der Waals surface area contributed by atoms with E-state index in [0.29, 0.717) is 11.5 Å². The van der Waals surface area contributed by atoms with Gasteiger partial charge in [-0.05, 0) is 25.0 Å². The minimum atomic E-state index is -0.323. The second-order valence-electron chi connectivity index (χ2n) is 3.58. The third-order valence-electron chi connectivity index (χ3n) is 2.32. The molecule has 2 heteroatoms. The third kappa shape index (κ3) is 2.38. The van der Waals surface area contributed by atoms with Gasteiger partial charge < -0.3 is 4.74 Å². The molecule has 1 fully saturated rings. The lowest BCUT2D eigenvalue weighted by Gasteiger charge is -2.00. The Labute approximate surface area is 89.3 Å². The predicted octanol–water partition coefficient (Wildman–Crippen LogP) is 2.23. The molecule has 0 saturated heterocycles. The van der Waals surface area contributed by atoms with Crippen molar-refractivity contribution in [2.75, 3.05) is 7.11 Å². The van der Waals surface area contributed by atoms with E-state index in [-0.39, 0.29) is 5.97 Å². The van der Waals surface area contributed by atoms with Crippen molar-refractivity contribution in [2.24, 2.45) is 5.92 Å². The maximum Gasteiger partial charge on any atom is 0.339 e. The van der Waals surface area contributed by atoms with E-state index in [1.807, 2.05) is 18.2 Å². The average molecular weight is 200 g/mol. The molecule has 1 aliphatic rings. The summed E-state index contributed by atoms with van der Waals surface area (Å²) in [5.74, 6) is 6.39. The molecule has 1 aliphatic carbocycles. The van der Waals surface area contributed by atoms with Gasteiger partial charge in [0, 0.05) is 11.5 Å². The summed E-state index contributed by atoms with van der Waals surface area (Å²) in [5.41, 5.74) is 1.31. The minimum Gasteiger partial charge on any atom is -0.465 e. The second-order valence-corrected chi connectivity index (χ2v) is 3.58. The van der Waals surface area contributed by atoms with E-state index in [0.717, 1.165) is 5.56 Å². The standard InChI is InChI=1S/C13H12O2/c1-15-13(14)12-5-3-2-4-11(12)9-8-10-6-7-10/h2-5,10H,6-7H2,1H3. The van der Waals surface area contributed by atoms with Gasteiger partial charge in [0.15, 0.2) is 0 Å². The molecule has 0 unspecified atom stereocenters. The van der Waals surface area contributed by atoms with Crippen molar-refractivity contribution in [3.8, 4) is 11.8 Å². The molecule has 0 radical (unpaired) electrons. The van der Waals surface area contributed by atoms with Gasteiger partial charge in [-0.3, -0.25) is 0 Å². The molecule has 0 spiro atoms. The number of carbonyl (C=O) groups excluding carboxylic acids is 1. The second kappa shape index (κ2) is 4.18. The van der Waals surface area contributed by atoms with E-state index < -0.39 is 0 Å². The third-order valence-corrected chi connectivity index (χ3v) is 2.32. The van der Waals surface area contributed by atoms with Crippen LogP contribution in [0, 0.1) is 17.8 Å². The van der Waals surface area contributed by atoms with Crippen LogP contribution in [0.2, 0.25) is 0 Å². The van der Waals surface area contributed by atoms with Crippen molar-refractivity contribution >= 4 is 5.97 Å². The Bertz CT molecular complexity index is 433. The number of ether oxygens (including phenoxy) is 1. The van der Waals surface area contributed by atoms with Crippen molar-refractivity contribution in [1.29, 1.82) is 0 Å². The van der Waals surface area contributed by atoms with Gasteiger partial charge in [0.05, 0.1) is 12.7 Å². The molecule has 0 N–H and O–H groups in total. The van der Waals surface area contributed by atoms with Crippen LogP contribution in [-0.2, 0) is 4.74 Å². The summed E-state index contributed by atoms with van der Waals surface area (Å²) in [6.45, 7) is 0. The first-order chi connectivity index (χ1) is 7.31. The molecule has 0 aromatic heterocycles. The summed E-state index contributed by atoms with van der Waals surface area (Å²) < 4.78 is 4.69. The average Bonchev–Trinajstić information content (AvgIpc) is 3.09. The lowest BCUT2D eigenvalue weighted by atomic mass is 10.1. The normalized spacial score (nSPS) is 13.9. The first kappa shape index (κ1) is 9.79. The Morgan fingerprint density at radius 3 is 2.80 bits per heavy atom. The van der Waals surface area contributed by atoms with Crippen molar-refractivity contribution in [3.05, 3.63) is 35.4 Å². The summed E-state index contributed by atoms with van der Waals surface area (Å²) in [6.07, 6.45) is 2.38. The Hall–Kier alpha value is -1.75. The van der Waals surface area contributed by atoms with Gasteiger partial charge in [-0.2, -0.15) is 0 Å². The van der Waals surface area contributed by atoms with Gasteiger partial charge in [-0.25, -0.2) is 4.79 Å². The molecule has 0 bridgehead atoms. The van der Waals surface area contributed by atoms with E-state index in [9.17, 15) is 4.79 Å². The van der Waals surface area contributed by atoms with Crippen LogP contribution in [0.3, 0.4) is 0 Å². The molecule has 1 aromatic rings. The van der Waals surface area contributed by atoms with Crippen LogP contribution >= 0.6 is 0 Å². The Morgan fingerprint density at radius 2 is 2.13 bits per heavy atom. The fourth-order valence-corrected chi connectivity index (χ4v) is 1.29. The van der Waals surface area contributed by atoms with E-state index >= 15 is 0 Å². The van der Waals surface area contributed by atoms with Gasteiger partial charge >= 0.3 is 5.97 Å². The predicted molar refractivity (Wildman–Crippen MR) is 57.4 cm³/mol. The zero-order valence-electron chi connectivity index (χ0n) is 8.62. The highest BCUT2D eigenvalue weighted by Crippen LogP contribution is 2.27. The maximum atomic E-state index is 11.4. The van der Waals surface area contributed by atoms with Crippen LogP contribution in [0.5, 0.6) is 0 Å². The summed E-state index contributed by atoms with van der Waals surface area (Å²) in [5, 5.41) is 0. The van der Waals surface area contributed by atoms with Crippen LogP contribution in [0.15, 0.2) is 24.3 Å². The maximum absolute atomic E-state index is 11.4. The summed E-state index contributed by atoms with van der Waals surface area (Å²) >= 11 is 0. The molecule has 1 saturated carbocycles. The number of hydrogen-bond acceptors (Lipinski definition) is 2. The van der Waals surface area contributed by atoms with Crippen LogP contribution in [0.4, 0.5) is 0 Å². The molecule has 0 heterocycles. The van der Waals surface area contributed by atoms with Crippen molar-refractivity contribution in [1.82, 2.24) is 0 Å². The molecule has 0 amide bonds. The van der Waals surface area contributed by atoms with Crippen LogP contribution in [-0.4, -0.2) is 13.1 Å². The molecule has 76 valence electrons. The SMILES string of the molecule is COC(=O)c1ccccc1C#CC1CC1. The van der Waals surface area contributed by atoms with Gasteiger partial charge in [0.2, 0.25) is 0 Å². The smallest absolute Gasteiger partial charge is 0.339 e. The van der Waals surface area contributed by atoms with Gasteiger partial charge in [-0.1, -0.05) is 24.0 Å². The number of esters is 1. The van der Waals surface area contributed by atoms with Gasteiger partial charge in [0.1, 0.15) is 0 Å². The number of rotatable bonds is 1.